The Morgan fingerprint density at radius 2 is 0.906 bits per heavy atom. The van der Waals surface area contributed by atoms with Crippen LogP contribution in [0.2, 0.25) is 0 Å². The molecule has 2 heteroatoms. The predicted octanol–water partition coefficient (Wildman–Crippen LogP) is 9.53. The van der Waals surface area contributed by atoms with Gasteiger partial charge in [0.2, 0.25) is 0 Å². The third-order valence-corrected chi connectivity index (χ3v) is 7.43. The average molecular weight is 457 g/mol. The highest BCUT2D eigenvalue weighted by molar-refractivity contribution is 7.99. The number of hydrogen-bond acceptors (Lipinski definition) is 2. The molecule has 0 bridgehead atoms. The van der Waals surface area contributed by atoms with Gasteiger partial charge in [-0.1, -0.05) is 88.7 Å². The first-order chi connectivity index (χ1) is 15.3. The van der Waals surface area contributed by atoms with Crippen LogP contribution in [0, 0.1) is 41.5 Å². The summed E-state index contributed by atoms with van der Waals surface area (Å²) < 4.78 is 0. The summed E-state index contributed by atoms with van der Waals surface area (Å²) in [4.78, 5) is 5.32. The molecule has 0 aliphatic rings. The van der Waals surface area contributed by atoms with Crippen molar-refractivity contribution in [1.82, 2.24) is 0 Å². The first-order valence-electron chi connectivity index (χ1n) is 10.9. The van der Waals surface area contributed by atoms with Crippen LogP contribution in [0.5, 0.6) is 0 Å². The summed E-state index contributed by atoms with van der Waals surface area (Å²) in [5, 5.41) is 0. The Bertz CT molecular complexity index is 1190. The summed E-state index contributed by atoms with van der Waals surface area (Å²) >= 11 is 3.68. The topological polar surface area (TPSA) is 0 Å². The fraction of sp³-hybridized carbons (Fsp3) is 0.200. The number of benzene rings is 4. The van der Waals surface area contributed by atoms with Gasteiger partial charge in [0.25, 0.3) is 0 Å². The van der Waals surface area contributed by atoms with E-state index in [9.17, 15) is 0 Å². The molecule has 0 atom stereocenters. The highest BCUT2D eigenvalue weighted by Crippen LogP contribution is 2.32. The lowest BCUT2D eigenvalue weighted by Crippen LogP contribution is -1.82. The second kappa shape index (κ2) is 11.4. The van der Waals surface area contributed by atoms with Gasteiger partial charge in [-0.25, -0.2) is 0 Å². The van der Waals surface area contributed by atoms with Crippen molar-refractivity contribution in [2.45, 2.75) is 61.1 Å². The standard InChI is InChI=1S/2C15H16S/c1-11-5-4-6-14(10-11)16-15-8-7-12(2)9-13(15)3;1-11-5-4-6-14(9-11)16-15-10-12(2)7-8-13(15)3/h2*4-10H,1-3H3. The third kappa shape index (κ3) is 7.32. The zero-order valence-corrected chi connectivity index (χ0v) is 21.5. The van der Waals surface area contributed by atoms with Gasteiger partial charge in [0.15, 0.2) is 0 Å². The maximum absolute atomic E-state index is 2.25. The monoisotopic (exact) mass is 456 g/mol. The summed E-state index contributed by atoms with van der Waals surface area (Å²) in [6, 6.07) is 30.5. The van der Waals surface area contributed by atoms with Crippen molar-refractivity contribution in [3.05, 3.63) is 118 Å². The van der Waals surface area contributed by atoms with Gasteiger partial charge in [-0.3, -0.25) is 0 Å². The number of rotatable bonds is 4. The van der Waals surface area contributed by atoms with Crippen LogP contribution in [0.15, 0.2) is 105 Å². The highest BCUT2D eigenvalue weighted by atomic mass is 32.2. The number of hydrogen-bond donors (Lipinski definition) is 0. The lowest BCUT2D eigenvalue weighted by atomic mass is 10.2. The molecule has 4 aromatic rings. The van der Waals surface area contributed by atoms with Crippen molar-refractivity contribution in [2.75, 3.05) is 0 Å². The van der Waals surface area contributed by atoms with E-state index in [0.29, 0.717) is 0 Å². The second-order valence-electron chi connectivity index (χ2n) is 8.38. The molecule has 32 heavy (non-hydrogen) atoms. The van der Waals surface area contributed by atoms with Gasteiger partial charge in [0, 0.05) is 19.6 Å². The van der Waals surface area contributed by atoms with Crippen molar-refractivity contribution >= 4 is 23.5 Å². The van der Waals surface area contributed by atoms with E-state index < -0.39 is 0 Å². The number of aryl methyl sites for hydroxylation is 6. The van der Waals surface area contributed by atoms with E-state index >= 15 is 0 Å². The second-order valence-corrected chi connectivity index (χ2v) is 10.6. The Hall–Kier alpha value is -2.42. The predicted molar refractivity (Wildman–Crippen MR) is 142 cm³/mol. The molecule has 0 saturated carbocycles. The molecule has 0 spiro atoms. The van der Waals surface area contributed by atoms with Gasteiger partial charge in [0.1, 0.15) is 0 Å². The summed E-state index contributed by atoms with van der Waals surface area (Å²) in [6.07, 6.45) is 0. The molecule has 0 nitrogen and oxygen atoms in total. The Kier molecular flexibility index (Phi) is 8.67. The van der Waals surface area contributed by atoms with Gasteiger partial charge in [-0.15, -0.1) is 0 Å². The van der Waals surface area contributed by atoms with Crippen LogP contribution in [0.4, 0.5) is 0 Å². The normalized spacial score (nSPS) is 10.4. The Morgan fingerprint density at radius 1 is 0.406 bits per heavy atom. The van der Waals surface area contributed by atoms with Crippen LogP contribution < -0.4 is 0 Å². The highest BCUT2D eigenvalue weighted by Gasteiger charge is 2.02. The summed E-state index contributed by atoms with van der Waals surface area (Å²) in [5.74, 6) is 0. The van der Waals surface area contributed by atoms with E-state index in [1.807, 2.05) is 23.5 Å². The molecule has 0 N–H and O–H groups in total. The quantitative estimate of drug-likeness (QED) is 0.300. The van der Waals surface area contributed by atoms with E-state index in [0.717, 1.165) is 0 Å². The van der Waals surface area contributed by atoms with Gasteiger partial charge >= 0.3 is 0 Å². The minimum atomic E-state index is 1.31. The maximum Gasteiger partial charge on any atom is 0.0154 e. The Balaban J connectivity index is 0.000000181. The van der Waals surface area contributed by atoms with Crippen LogP contribution in [0.3, 0.4) is 0 Å². The zero-order chi connectivity index (χ0) is 23.1. The first-order valence-corrected chi connectivity index (χ1v) is 12.6. The van der Waals surface area contributed by atoms with Crippen LogP contribution in [-0.4, -0.2) is 0 Å². The summed E-state index contributed by atoms with van der Waals surface area (Å²) in [6.45, 7) is 12.9. The minimum Gasteiger partial charge on any atom is -0.0898 e. The van der Waals surface area contributed by atoms with Crippen molar-refractivity contribution in [3.63, 3.8) is 0 Å². The molecule has 0 fully saturated rings. The van der Waals surface area contributed by atoms with Gasteiger partial charge < -0.3 is 0 Å². The van der Waals surface area contributed by atoms with Crippen LogP contribution in [-0.2, 0) is 0 Å². The van der Waals surface area contributed by atoms with E-state index in [4.69, 9.17) is 0 Å². The third-order valence-electron chi connectivity index (χ3n) is 5.11. The molecule has 164 valence electrons. The Labute approximate surface area is 202 Å². The molecule has 4 aromatic carbocycles. The molecule has 0 aliphatic heterocycles. The molecule has 0 heterocycles. The Morgan fingerprint density at radius 3 is 1.47 bits per heavy atom. The molecule has 0 radical (unpaired) electrons. The zero-order valence-electron chi connectivity index (χ0n) is 19.9. The molecule has 0 saturated heterocycles. The fourth-order valence-corrected chi connectivity index (χ4v) is 5.46. The lowest BCUT2D eigenvalue weighted by molar-refractivity contribution is 1.25. The molecule has 0 amide bonds. The molecule has 4 rings (SSSR count). The van der Waals surface area contributed by atoms with Crippen LogP contribution >= 0.6 is 23.5 Å². The van der Waals surface area contributed by atoms with E-state index in [-0.39, 0.29) is 0 Å². The minimum absolute atomic E-state index is 1.31. The smallest absolute Gasteiger partial charge is 0.0154 e. The first kappa shape index (κ1) is 24.2. The van der Waals surface area contributed by atoms with E-state index in [2.05, 4.69) is 126 Å². The average Bonchev–Trinajstić information content (AvgIpc) is 2.73. The summed E-state index contributed by atoms with van der Waals surface area (Å²) in [5.41, 5.74) is 7.97. The van der Waals surface area contributed by atoms with Gasteiger partial charge in [-0.05, 0) is 94.6 Å². The molecule has 0 aliphatic carbocycles. The van der Waals surface area contributed by atoms with E-state index in [1.165, 1.54) is 53.0 Å². The van der Waals surface area contributed by atoms with Crippen LogP contribution in [0.1, 0.15) is 33.4 Å². The van der Waals surface area contributed by atoms with Crippen molar-refractivity contribution in [3.8, 4) is 0 Å². The fourth-order valence-electron chi connectivity index (χ4n) is 3.34. The van der Waals surface area contributed by atoms with Gasteiger partial charge in [-0.2, -0.15) is 0 Å². The van der Waals surface area contributed by atoms with Crippen molar-refractivity contribution in [1.29, 1.82) is 0 Å². The molecular weight excluding hydrogens is 424 g/mol. The van der Waals surface area contributed by atoms with E-state index in [1.54, 1.807) is 0 Å². The lowest BCUT2D eigenvalue weighted by Gasteiger charge is -2.07. The molecular formula is C30H32S2. The van der Waals surface area contributed by atoms with Crippen LogP contribution in [0.25, 0.3) is 0 Å². The molecule has 0 unspecified atom stereocenters. The molecule has 0 aromatic heterocycles. The largest absolute Gasteiger partial charge is 0.0898 e. The SMILES string of the molecule is Cc1cccc(Sc2cc(C)ccc2C)c1.Cc1cccc(Sc2ccc(C)cc2C)c1. The van der Waals surface area contributed by atoms with Gasteiger partial charge in [0.05, 0.1) is 0 Å². The van der Waals surface area contributed by atoms with Crippen molar-refractivity contribution < 1.29 is 0 Å². The summed E-state index contributed by atoms with van der Waals surface area (Å²) in [7, 11) is 0. The maximum atomic E-state index is 2.25. The van der Waals surface area contributed by atoms with Crippen molar-refractivity contribution in [2.24, 2.45) is 0 Å².